The molecule has 6 heteroatoms. The summed E-state index contributed by atoms with van der Waals surface area (Å²) in [6.45, 7) is 5.99. The first-order valence-corrected chi connectivity index (χ1v) is 7.13. The van der Waals surface area contributed by atoms with Gasteiger partial charge in [0.05, 0.1) is 6.04 Å². The fourth-order valence-corrected chi connectivity index (χ4v) is 2.86. The summed E-state index contributed by atoms with van der Waals surface area (Å²) in [6.07, 6.45) is 3.52. The number of aryl methyl sites for hydroxylation is 2. The highest BCUT2D eigenvalue weighted by Gasteiger charge is 2.19. The van der Waals surface area contributed by atoms with Crippen LogP contribution in [0.25, 0.3) is 11.4 Å². The molecule has 3 aromatic rings. The molecule has 3 rings (SSSR count). The van der Waals surface area contributed by atoms with Crippen LogP contribution in [0.3, 0.4) is 0 Å². The van der Waals surface area contributed by atoms with Gasteiger partial charge < -0.3 is 4.42 Å². The van der Waals surface area contributed by atoms with Gasteiger partial charge in [0.1, 0.15) is 11.5 Å². The monoisotopic (exact) mass is 300 g/mol. The second kappa shape index (κ2) is 5.29. The van der Waals surface area contributed by atoms with Crippen molar-refractivity contribution in [3.05, 3.63) is 52.4 Å². The Labute approximate surface area is 127 Å². The highest BCUT2D eigenvalue weighted by molar-refractivity contribution is 7.71. The van der Waals surface area contributed by atoms with Gasteiger partial charge in [0.2, 0.25) is 0 Å². The molecule has 0 aromatic carbocycles. The molecule has 0 bridgehead atoms. The molecule has 0 aliphatic carbocycles. The van der Waals surface area contributed by atoms with E-state index in [1.807, 2.05) is 36.6 Å². The van der Waals surface area contributed by atoms with Crippen LogP contribution in [0.2, 0.25) is 0 Å². The largest absolute Gasteiger partial charge is 0.466 e. The summed E-state index contributed by atoms with van der Waals surface area (Å²) in [7, 11) is 0. The summed E-state index contributed by atoms with van der Waals surface area (Å²) in [6, 6.07) is 5.93. The lowest BCUT2D eigenvalue weighted by Gasteiger charge is -2.15. The van der Waals surface area contributed by atoms with E-state index in [4.69, 9.17) is 16.6 Å². The molecule has 0 aliphatic rings. The SMILES string of the molecule is Cc1cc(C(C)n2c(-c3cccnc3)n[nH]c2=S)c(C)o1. The second-order valence-corrected chi connectivity index (χ2v) is 5.40. The topological polar surface area (TPSA) is 59.6 Å². The van der Waals surface area contributed by atoms with Crippen molar-refractivity contribution in [2.75, 3.05) is 0 Å². The van der Waals surface area contributed by atoms with E-state index < -0.39 is 0 Å². The molecule has 0 fully saturated rings. The van der Waals surface area contributed by atoms with Gasteiger partial charge in [-0.25, -0.2) is 0 Å². The van der Waals surface area contributed by atoms with Crippen LogP contribution < -0.4 is 0 Å². The molecule has 0 amide bonds. The predicted molar refractivity (Wildman–Crippen MR) is 82.6 cm³/mol. The Morgan fingerprint density at radius 2 is 2.19 bits per heavy atom. The zero-order valence-electron chi connectivity index (χ0n) is 12.1. The Hall–Kier alpha value is -2.21. The van der Waals surface area contributed by atoms with Gasteiger partial charge >= 0.3 is 0 Å². The van der Waals surface area contributed by atoms with Crippen molar-refractivity contribution in [2.45, 2.75) is 26.8 Å². The van der Waals surface area contributed by atoms with Crippen molar-refractivity contribution in [3.8, 4) is 11.4 Å². The summed E-state index contributed by atoms with van der Waals surface area (Å²) in [5.41, 5.74) is 2.03. The van der Waals surface area contributed by atoms with E-state index in [0.29, 0.717) is 4.77 Å². The van der Waals surface area contributed by atoms with Crippen molar-refractivity contribution in [1.29, 1.82) is 0 Å². The second-order valence-electron chi connectivity index (χ2n) is 5.01. The minimum atomic E-state index is 0.0314. The minimum Gasteiger partial charge on any atom is -0.466 e. The van der Waals surface area contributed by atoms with Gasteiger partial charge in [-0.1, -0.05) is 0 Å². The smallest absolute Gasteiger partial charge is 0.196 e. The molecule has 21 heavy (non-hydrogen) atoms. The third-order valence-electron chi connectivity index (χ3n) is 3.54. The van der Waals surface area contributed by atoms with E-state index in [1.165, 1.54) is 0 Å². The van der Waals surface area contributed by atoms with Gasteiger partial charge in [0.25, 0.3) is 0 Å². The summed E-state index contributed by atoms with van der Waals surface area (Å²) < 4.78 is 8.20. The molecule has 108 valence electrons. The molecule has 3 heterocycles. The first kappa shape index (κ1) is 13.8. The van der Waals surface area contributed by atoms with E-state index >= 15 is 0 Å². The maximum Gasteiger partial charge on any atom is 0.196 e. The van der Waals surface area contributed by atoms with E-state index in [2.05, 4.69) is 22.1 Å². The summed E-state index contributed by atoms with van der Waals surface area (Å²) in [4.78, 5) is 4.15. The Bertz CT molecular complexity index is 816. The molecule has 3 aromatic heterocycles. The first-order valence-electron chi connectivity index (χ1n) is 6.72. The molecule has 0 saturated heterocycles. The number of hydrogen-bond acceptors (Lipinski definition) is 4. The van der Waals surface area contributed by atoms with Gasteiger partial charge in [-0.2, -0.15) is 5.10 Å². The standard InChI is InChI=1S/C15H16N4OS/c1-9-7-13(11(3)20-9)10(2)19-14(17-18-15(19)21)12-5-4-6-16-8-12/h4-8,10H,1-3H3,(H,18,21). The van der Waals surface area contributed by atoms with Crippen molar-refractivity contribution >= 4 is 12.2 Å². The number of pyridine rings is 1. The first-order chi connectivity index (χ1) is 10.1. The molecular weight excluding hydrogens is 284 g/mol. The summed E-state index contributed by atoms with van der Waals surface area (Å²) in [5.74, 6) is 2.58. The van der Waals surface area contributed by atoms with Crippen LogP contribution >= 0.6 is 12.2 Å². The van der Waals surface area contributed by atoms with Gasteiger partial charge in [-0.15, -0.1) is 0 Å². The molecule has 5 nitrogen and oxygen atoms in total. The third kappa shape index (κ3) is 2.42. The number of hydrogen-bond donors (Lipinski definition) is 1. The zero-order chi connectivity index (χ0) is 15.0. The van der Waals surface area contributed by atoms with Crippen LogP contribution in [0, 0.1) is 18.6 Å². The highest BCUT2D eigenvalue weighted by Crippen LogP contribution is 2.28. The lowest BCUT2D eigenvalue weighted by atomic mass is 10.1. The maximum absolute atomic E-state index is 5.63. The summed E-state index contributed by atoms with van der Waals surface area (Å²) >= 11 is 5.39. The molecule has 0 radical (unpaired) electrons. The number of nitrogens with one attached hydrogen (secondary N) is 1. The van der Waals surface area contributed by atoms with Crippen molar-refractivity contribution in [3.63, 3.8) is 0 Å². The molecule has 0 saturated carbocycles. The van der Waals surface area contributed by atoms with Gasteiger partial charge in [-0.3, -0.25) is 14.6 Å². The van der Waals surface area contributed by atoms with E-state index in [9.17, 15) is 0 Å². The quantitative estimate of drug-likeness (QED) is 0.747. The fourth-order valence-electron chi connectivity index (χ4n) is 2.57. The Balaban J connectivity index is 2.13. The molecule has 0 aliphatic heterocycles. The van der Waals surface area contributed by atoms with E-state index in [1.54, 1.807) is 12.4 Å². The van der Waals surface area contributed by atoms with Crippen LogP contribution in [0.15, 0.2) is 35.0 Å². The number of aromatic amines is 1. The van der Waals surface area contributed by atoms with Gasteiger partial charge in [0.15, 0.2) is 10.6 Å². The minimum absolute atomic E-state index is 0.0314. The van der Waals surface area contributed by atoms with Crippen LogP contribution in [-0.2, 0) is 0 Å². The fraction of sp³-hybridized carbons (Fsp3) is 0.267. The zero-order valence-corrected chi connectivity index (χ0v) is 12.9. The van der Waals surface area contributed by atoms with Gasteiger partial charge in [-0.05, 0) is 51.2 Å². The third-order valence-corrected chi connectivity index (χ3v) is 3.83. The average Bonchev–Trinajstić information content (AvgIpc) is 3.02. The van der Waals surface area contributed by atoms with Gasteiger partial charge in [0, 0.05) is 23.5 Å². The molecule has 1 atom stereocenters. The van der Waals surface area contributed by atoms with E-state index in [0.717, 1.165) is 28.5 Å². The van der Waals surface area contributed by atoms with Crippen LogP contribution in [0.4, 0.5) is 0 Å². The van der Waals surface area contributed by atoms with Crippen molar-refractivity contribution < 1.29 is 4.42 Å². The Kier molecular flexibility index (Phi) is 3.47. The highest BCUT2D eigenvalue weighted by atomic mass is 32.1. The Morgan fingerprint density at radius 3 is 2.81 bits per heavy atom. The Morgan fingerprint density at radius 1 is 1.38 bits per heavy atom. The molecule has 1 unspecified atom stereocenters. The maximum atomic E-state index is 5.63. The molecule has 1 N–H and O–H groups in total. The van der Waals surface area contributed by atoms with E-state index in [-0.39, 0.29) is 6.04 Å². The van der Waals surface area contributed by atoms with Crippen molar-refractivity contribution in [1.82, 2.24) is 19.7 Å². The number of H-pyrrole nitrogens is 1. The molecule has 0 spiro atoms. The number of nitrogens with zero attached hydrogens (tertiary/aromatic N) is 3. The average molecular weight is 300 g/mol. The normalized spacial score (nSPS) is 12.5. The van der Waals surface area contributed by atoms with Crippen molar-refractivity contribution in [2.24, 2.45) is 0 Å². The van der Waals surface area contributed by atoms with Crippen LogP contribution in [-0.4, -0.2) is 19.7 Å². The lowest BCUT2D eigenvalue weighted by Crippen LogP contribution is -2.09. The van der Waals surface area contributed by atoms with Crippen LogP contribution in [0.5, 0.6) is 0 Å². The predicted octanol–water partition coefficient (Wildman–Crippen LogP) is 3.82. The lowest BCUT2D eigenvalue weighted by molar-refractivity contribution is 0.494. The number of furan rings is 1. The van der Waals surface area contributed by atoms with Crippen LogP contribution in [0.1, 0.15) is 30.0 Å². The molecular formula is C15H16N4OS. The number of aromatic nitrogens is 4. The summed E-state index contributed by atoms with van der Waals surface area (Å²) in [5, 5.41) is 7.21. The number of rotatable bonds is 3.